The predicted molar refractivity (Wildman–Crippen MR) is 148 cm³/mol. The van der Waals surface area contributed by atoms with Gasteiger partial charge in [0, 0.05) is 12.5 Å². The summed E-state index contributed by atoms with van der Waals surface area (Å²) in [6, 6.07) is 21.2. The fourth-order valence-corrected chi connectivity index (χ4v) is 4.60. The van der Waals surface area contributed by atoms with E-state index < -0.39 is 5.97 Å². The smallest absolute Gasteiger partial charge is 0.337 e. The van der Waals surface area contributed by atoms with Crippen molar-refractivity contribution in [2.24, 2.45) is 0 Å². The quantitative estimate of drug-likeness (QED) is 0.282. The SMILES string of the molecule is CCCC(=O)NC1CCC(Oc2ccc(Oc3ccc(CC(=O)Nc4ccccc4C(=O)O)cc3)cc2)CC1. The summed E-state index contributed by atoms with van der Waals surface area (Å²) < 4.78 is 12.1. The lowest BCUT2D eigenvalue weighted by atomic mass is 9.92. The van der Waals surface area contributed by atoms with E-state index in [1.165, 1.54) is 6.07 Å². The summed E-state index contributed by atoms with van der Waals surface area (Å²) in [5.74, 6) is 0.822. The number of anilines is 1. The Kier molecular flexibility index (Phi) is 9.56. The van der Waals surface area contributed by atoms with Crippen LogP contribution in [0.1, 0.15) is 61.4 Å². The van der Waals surface area contributed by atoms with Crippen molar-refractivity contribution in [1.29, 1.82) is 0 Å². The van der Waals surface area contributed by atoms with Gasteiger partial charge in [-0.25, -0.2) is 4.79 Å². The number of carboxylic acids is 1. The lowest BCUT2D eigenvalue weighted by Crippen LogP contribution is -2.39. The van der Waals surface area contributed by atoms with Crippen molar-refractivity contribution < 1.29 is 29.0 Å². The summed E-state index contributed by atoms with van der Waals surface area (Å²) in [6.07, 6.45) is 5.35. The van der Waals surface area contributed by atoms with Gasteiger partial charge in [0.15, 0.2) is 0 Å². The Morgan fingerprint density at radius 2 is 1.44 bits per heavy atom. The van der Waals surface area contributed by atoms with E-state index >= 15 is 0 Å². The molecular weight excluding hydrogens is 496 g/mol. The molecule has 2 amide bonds. The number of aromatic carboxylic acids is 1. The number of carboxylic acid groups (broad SMARTS) is 1. The molecule has 0 radical (unpaired) electrons. The number of ether oxygens (including phenoxy) is 2. The van der Waals surface area contributed by atoms with E-state index in [4.69, 9.17) is 9.47 Å². The lowest BCUT2D eigenvalue weighted by molar-refractivity contribution is -0.122. The zero-order valence-electron chi connectivity index (χ0n) is 22.0. The van der Waals surface area contributed by atoms with Crippen molar-refractivity contribution in [3.63, 3.8) is 0 Å². The molecule has 0 saturated heterocycles. The molecule has 39 heavy (non-hydrogen) atoms. The molecule has 3 N–H and O–H groups in total. The van der Waals surface area contributed by atoms with Crippen LogP contribution >= 0.6 is 0 Å². The van der Waals surface area contributed by atoms with Crippen LogP contribution in [0.5, 0.6) is 17.2 Å². The Morgan fingerprint density at radius 3 is 2.08 bits per heavy atom. The van der Waals surface area contributed by atoms with Crippen LogP contribution < -0.4 is 20.1 Å². The number of para-hydroxylation sites is 1. The molecule has 0 spiro atoms. The van der Waals surface area contributed by atoms with E-state index in [9.17, 15) is 19.5 Å². The van der Waals surface area contributed by atoms with Crippen molar-refractivity contribution >= 4 is 23.5 Å². The van der Waals surface area contributed by atoms with Crippen LogP contribution in [0.4, 0.5) is 5.69 Å². The Morgan fingerprint density at radius 1 is 0.821 bits per heavy atom. The Balaban J connectivity index is 1.23. The highest BCUT2D eigenvalue weighted by atomic mass is 16.5. The molecule has 1 aliphatic carbocycles. The van der Waals surface area contributed by atoms with Gasteiger partial charge in [0.1, 0.15) is 17.2 Å². The molecule has 0 bridgehead atoms. The number of carbonyl (C=O) groups is 3. The maximum Gasteiger partial charge on any atom is 0.337 e. The third kappa shape index (κ3) is 8.33. The van der Waals surface area contributed by atoms with Gasteiger partial charge < -0.3 is 25.2 Å². The second kappa shape index (κ2) is 13.5. The molecule has 8 heteroatoms. The van der Waals surface area contributed by atoms with E-state index in [0.29, 0.717) is 17.9 Å². The minimum atomic E-state index is -1.09. The molecule has 0 aliphatic heterocycles. The fourth-order valence-electron chi connectivity index (χ4n) is 4.60. The van der Waals surface area contributed by atoms with Gasteiger partial charge in [-0.3, -0.25) is 9.59 Å². The molecule has 3 aromatic rings. The largest absolute Gasteiger partial charge is 0.490 e. The van der Waals surface area contributed by atoms with Crippen LogP contribution in [0.15, 0.2) is 72.8 Å². The Hall–Kier alpha value is -4.33. The third-order valence-corrected chi connectivity index (χ3v) is 6.60. The number of benzene rings is 3. The highest BCUT2D eigenvalue weighted by Gasteiger charge is 2.23. The summed E-state index contributed by atoms with van der Waals surface area (Å²) in [4.78, 5) is 35.6. The van der Waals surface area contributed by atoms with Crippen molar-refractivity contribution in [3.05, 3.63) is 83.9 Å². The number of carbonyl (C=O) groups excluding carboxylic acids is 2. The summed E-state index contributed by atoms with van der Waals surface area (Å²) in [6.45, 7) is 2.01. The molecule has 1 aliphatic rings. The van der Waals surface area contributed by atoms with Crippen LogP contribution in [0.3, 0.4) is 0 Å². The van der Waals surface area contributed by atoms with E-state index in [1.54, 1.807) is 42.5 Å². The first-order chi connectivity index (χ1) is 18.9. The van der Waals surface area contributed by atoms with E-state index in [1.807, 2.05) is 31.2 Å². The van der Waals surface area contributed by atoms with Crippen LogP contribution in [-0.2, 0) is 16.0 Å². The predicted octanol–water partition coefficient (Wildman–Crippen LogP) is 5.96. The zero-order valence-corrected chi connectivity index (χ0v) is 22.0. The first-order valence-corrected chi connectivity index (χ1v) is 13.3. The van der Waals surface area contributed by atoms with Crippen LogP contribution in [-0.4, -0.2) is 35.0 Å². The van der Waals surface area contributed by atoms with Gasteiger partial charge in [0.2, 0.25) is 11.8 Å². The average molecular weight is 531 g/mol. The van der Waals surface area contributed by atoms with Gasteiger partial charge in [-0.1, -0.05) is 31.2 Å². The molecule has 1 fully saturated rings. The Bertz CT molecular complexity index is 1260. The third-order valence-electron chi connectivity index (χ3n) is 6.60. The topological polar surface area (TPSA) is 114 Å². The normalized spacial score (nSPS) is 16.6. The first-order valence-electron chi connectivity index (χ1n) is 13.3. The minimum absolute atomic E-state index is 0.0474. The van der Waals surface area contributed by atoms with E-state index in [0.717, 1.165) is 43.4 Å². The van der Waals surface area contributed by atoms with Crippen LogP contribution in [0, 0.1) is 0 Å². The van der Waals surface area contributed by atoms with Crippen molar-refractivity contribution in [2.45, 2.75) is 64.0 Å². The van der Waals surface area contributed by atoms with Gasteiger partial charge in [-0.15, -0.1) is 0 Å². The summed E-state index contributed by atoms with van der Waals surface area (Å²) in [5, 5.41) is 15.0. The maximum atomic E-state index is 12.4. The highest BCUT2D eigenvalue weighted by Crippen LogP contribution is 2.28. The molecule has 4 rings (SSSR count). The number of nitrogens with one attached hydrogen (secondary N) is 2. The van der Waals surface area contributed by atoms with Gasteiger partial charge in [0.25, 0.3) is 0 Å². The highest BCUT2D eigenvalue weighted by molar-refractivity contribution is 6.01. The molecule has 0 heterocycles. The number of amides is 2. The molecule has 0 unspecified atom stereocenters. The van der Waals surface area contributed by atoms with Crippen LogP contribution in [0.2, 0.25) is 0 Å². The molecule has 3 aromatic carbocycles. The Labute approximate surface area is 228 Å². The molecule has 204 valence electrons. The van der Waals surface area contributed by atoms with Gasteiger partial charge >= 0.3 is 5.97 Å². The van der Waals surface area contributed by atoms with Crippen LogP contribution in [0.25, 0.3) is 0 Å². The summed E-state index contributed by atoms with van der Waals surface area (Å²) in [7, 11) is 0. The second-order valence-electron chi connectivity index (χ2n) is 9.70. The standard InChI is InChI=1S/C31H34N2O6/c1-2-5-29(34)32-22-10-14-24(15-11-22)39-26-18-16-25(17-19-26)38-23-12-8-21(9-13-23)20-30(35)33-28-7-4-3-6-27(28)31(36)37/h3-4,6-9,12-13,16-19,22,24H,2,5,10-11,14-15,20H2,1H3,(H,32,34)(H,33,35)(H,36,37). The van der Waals surface area contributed by atoms with Crippen molar-refractivity contribution in [3.8, 4) is 17.2 Å². The lowest BCUT2D eigenvalue weighted by Gasteiger charge is -2.29. The monoisotopic (exact) mass is 530 g/mol. The maximum absolute atomic E-state index is 12.4. The van der Waals surface area contributed by atoms with E-state index in [-0.39, 0.29) is 41.6 Å². The van der Waals surface area contributed by atoms with Gasteiger partial charge in [-0.2, -0.15) is 0 Å². The second-order valence-corrected chi connectivity index (χ2v) is 9.70. The summed E-state index contributed by atoms with van der Waals surface area (Å²) in [5.41, 5.74) is 1.09. The van der Waals surface area contributed by atoms with Gasteiger partial charge in [-0.05, 0) is 86.2 Å². The number of hydrogen-bond acceptors (Lipinski definition) is 5. The average Bonchev–Trinajstić information content (AvgIpc) is 2.92. The van der Waals surface area contributed by atoms with E-state index in [2.05, 4.69) is 10.6 Å². The van der Waals surface area contributed by atoms with Crippen molar-refractivity contribution in [2.75, 3.05) is 5.32 Å². The minimum Gasteiger partial charge on any atom is -0.490 e. The summed E-state index contributed by atoms with van der Waals surface area (Å²) >= 11 is 0. The zero-order chi connectivity index (χ0) is 27.6. The van der Waals surface area contributed by atoms with Crippen molar-refractivity contribution in [1.82, 2.24) is 5.32 Å². The first kappa shape index (κ1) is 27.7. The molecular formula is C31H34N2O6. The number of rotatable bonds is 11. The molecule has 0 aromatic heterocycles. The molecule has 0 atom stereocenters. The molecule has 8 nitrogen and oxygen atoms in total. The fraction of sp³-hybridized carbons (Fsp3) is 0.323. The van der Waals surface area contributed by atoms with Gasteiger partial charge in [0.05, 0.1) is 23.8 Å². The molecule has 1 saturated carbocycles. The number of hydrogen-bond donors (Lipinski definition) is 3.